The molecule has 9 atom stereocenters. The lowest BCUT2D eigenvalue weighted by Gasteiger charge is -2.27. The second-order valence-corrected chi connectivity index (χ2v) is 36.9. The third-order valence-electron chi connectivity index (χ3n) is 20.1. The molecule has 0 aliphatic carbocycles. The normalized spacial score (nSPS) is 26.0. The van der Waals surface area contributed by atoms with Crippen LogP contribution in [0.3, 0.4) is 0 Å². The minimum absolute atomic E-state index is 0.344. The van der Waals surface area contributed by atoms with Gasteiger partial charge in [-0.1, -0.05) is 111 Å². The van der Waals surface area contributed by atoms with E-state index in [0.29, 0.717) is 115 Å². The van der Waals surface area contributed by atoms with Crippen molar-refractivity contribution in [3.63, 3.8) is 0 Å². The molecule has 0 aromatic rings. The highest BCUT2D eigenvalue weighted by Gasteiger charge is 2.26. The predicted molar refractivity (Wildman–Crippen MR) is 462 cm³/mol. The van der Waals surface area contributed by atoms with Gasteiger partial charge in [0.25, 0.3) is 0 Å². The molecule has 0 amide bonds. The van der Waals surface area contributed by atoms with Crippen LogP contribution in [0.15, 0.2) is 0 Å². The minimum Gasteiger partial charge on any atom is -0.381 e. The Labute approximate surface area is 701 Å². The first-order chi connectivity index (χ1) is 54.3. The molecule has 21 nitrogen and oxygen atoms in total. The molecule has 13 fully saturated rings. The Kier molecular flexibility index (Phi) is 69.8. The fourth-order valence-electron chi connectivity index (χ4n) is 12.8. The van der Waals surface area contributed by atoms with Crippen molar-refractivity contribution < 1.29 is 99.5 Å². The first-order valence-corrected chi connectivity index (χ1v) is 46.0. The van der Waals surface area contributed by atoms with Crippen LogP contribution in [0.25, 0.3) is 0 Å². The number of ether oxygens (including phenoxy) is 21. The zero-order chi connectivity index (χ0) is 84.9. The molecule has 13 rings (SSSR count). The third-order valence-corrected chi connectivity index (χ3v) is 20.1. The van der Waals surface area contributed by atoms with Gasteiger partial charge in [-0.3, -0.25) is 0 Å². The van der Waals surface area contributed by atoms with E-state index >= 15 is 0 Å². The van der Waals surface area contributed by atoms with E-state index in [9.17, 15) is 0 Å². The first-order valence-electron chi connectivity index (χ1n) is 46.0. The van der Waals surface area contributed by atoms with Crippen molar-refractivity contribution in [2.45, 2.75) is 361 Å². The maximum absolute atomic E-state index is 5.54. The Hall–Kier alpha value is -0.840. The monoisotopic (exact) mass is 1640 g/mol. The molecule has 0 bridgehead atoms. The predicted octanol–water partition coefficient (Wildman–Crippen LogP) is 18.6. The third kappa shape index (κ3) is 64.9. The van der Waals surface area contributed by atoms with E-state index in [0.717, 1.165) is 252 Å². The Balaban J connectivity index is 0.000000618. The van der Waals surface area contributed by atoms with E-state index in [4.69, 9.17) is 99.5 Å². The summed E-state index contributed by atoms with van der Waals surface area (Å²) in [4.78, 5) is 0. The molecule has 0 aromatic heterocycles. The lowest BCUT2D eigenvalue weighted by atomic mass is 9.89. The van der Waals surface area contributed by atoms with Gasteiger partial charge in [0.15, 0.2) is 0 Å². The van der Waals surface area contributed by atoms with Crippen LogP contribution in [-0.4, -0.2) is 270 Å². The fourth-order valence-corrected chi connectivity index (χ4v) is 12.8. The van der Waals surface area contributed by atoms with Gasteiger partial charge >= 0.3 is 0 Å². The zero-order valence-corrected chi connectivity index (χ0v) is 78.6. The largest absolute Gasteiger partial charge is 0.381 e. The zero-order valence-electron chi connectivity index (χ0n) is 78.6. The van der Waals surface area contributed by atoms with Crippen molar-refractivity contribution in [2.75, 3.05) is 178 Å². The summed E-state index contributed by atoms with van der Waals surface area (Å²) < 4.78 is 111. The molecule has 13 aliphatic heterocycles. The lowest BCUT2D eigenvalue weighted by Crippen LogP contribution is -2.37. The molecule has 13 aliphatic rings. The van der Waals surface area contributed by atoms with Gasteiger partial charge in [-0.15, -0.1) is 0 Å². The molecule has 114 heavy (non-hydrogen) atoms. The van der Waals surface area contributed by atoms with Crippen molar-refractivity contribution in [1.29, 1.82) is 0 Å². The minimum atomic E-state index is 0.344. The molecule has 0 aromatic carbocycles. The quantitative estimate of drug-likeness (QED) is 0.0836. The highest BCUT2D eigenvalue weighted by molar-refractivity contribution is 4.73. The van der Waals surface area contributed by atoms with E-state index in [1.807, 2.05) is 13.8 Å². The maximum atomic E-state index is 5.54. The fraction of sp³-hybridized carbons (Fsp3) is 1.00. The van der Waals surface area contributed by atoms with Gasteiger partial charge in [0, 0.05) is 105 Å². The average Bonchev–Trinajstić information content (AvgIpc) is 1.34. The van der Waals surface area contributed by atoms with Crippen molar-refractivity contribution in [2.24, 2.45) is 65.1 Å². The Morgan fingerprint density at radius 1 is 0.228 bits per heavy atom. The summed E-state index contributed by atoms with van der Waals surface area (Å²) in [5.74, 6) is 8.20. The summed E-state index contributed by atoms with van der Waals surface area (Å²) in [6.45, 7) is 79.6. The smallest absolute Gasteiger partial charge is 0.104 e. The second-order valence-electron chi connectivity index (χ2n) is 36.9. The van der Waals surface area contributed by atoms with Crippen LogP contribution in [0.2, 0.25) is 0 Å². The Morgan fingerprint density at radius 3 is 0.684 bits per heavy atom. The topological polar surface area (TPSA) is 194 Å². The second kappa shape index (κ2) is 71.6. The van der Waals surface area contributed by atoms with Crippen LogP contribution in [-0.2, 0) is 99.5 Å². The first kappa shape index (κ1) is 111. The summed E-state index contributed by atoms with van der Waals surface area (Å²) in [5, 5.41) is 0. The van der Waals surface area contributed by atoms with E-state index in [2.05, 4.69) is 166 Å². The van der Waals surface area contributed by atoms with Gasteiger partial charge in [-0.2, -0.15) is 0 Å². The molecule has 0 radical (unpaired) electrons. The maximum Gasteiger partial charge on any atom is 0.104 e. The van der Waals surface area contributed by atoms with E-state index < -0.39 is 0 Å². The molecule has 0 spiro atoms. The molecular formula is C93H186O21. The average molecular weight is 1640 g/mol. The lowest BCUT2D eigenvalue weighted by molar-refractivity contribution is -0.146. The van der Waals surface area contributed by atoms with Crippen LogP contribution in [0.1, 0.15) is 270 Å². The van der Waals surface area contributed by atoms with Crippen LogP contribution in [0, 0.1) is 65.1 Å². The van der Waals surface area contributed by atoms with Crippen molar-refractivity contribution in [3.05, 3.63) is 0 Å². The summed E-state index contributed by atoms with van der Waals surface area (Å²) >= 11 is 0. The van der Waals surface area contributed by atoms with Crippen molar-refractivity contribution in [3.8, 4) is 0 Å². The number of hydrogen-bond donors (Lipinski definition) is 0. The molecule has 21 heteroatoms. The van der Waals surface area contributed by atoms with Gasteiger partial charge in [0.2, 0.25) is 0 Å². The van der Waals surface area contributed by atoms with Gasteiger partial charge in [0.1, 0.15) is 12.2 Å². The van der Waals surface area contributed by atoms with Gasteiger partial charge in [-0.25, -0.2) is 0 Å². The van der Waals surface area contributed by atoms with Crippen LogP contribution in [0.4, 0.5) is 0 Å². The van der Waals surface area contributed by atoms with E-state index in [1.165, 1.54) is 57.8 Å². The molecule has 13 heterocycles. The van der Waals surface area contributed by atoms with Crippen LogP contribution < -0.4 is 0 Å². The van der Waals surface area contributed by atoms with E-state index in [-0.39, 0.29) is 0 Å². The van der Waals surface area contributed by atoms with Crippen molar-refractivity contribution in [1.82, 2.24) is 0 Å². The Morgan fingerprint density at radius 2 is 0.500 bits per heavy atom. The Bertz CT molecular complexity index is 1800. The summed E-state index contributed by atoms with van der Waals surface area (Å²) in [5.41, 5.74) is 0. The standard InChI is InChI=1S/2C8H16O2.C8H16O.5C7H14O2.4C7H14O.C6H12O2/c2*1-7(2)5-10-8-3-4-9-6-8;1-7(2)8-3-5-9-6-4-8;1-6(2)9-5-7-3-8-4-7;1-6(2)3-9-7-4-8-5-7;3*1-6(2)9-7-3-4-8-5-7;1-6(2)7-3-4-8-5-7;3*1-6(2)7-4-3-5-8-7;1-5(2)8-6-3-7-4-6/h2*7-8H,3-6H2,1-2H3;7-8H,3-6H2,1-2H3;5*6-7H,3-5H2,1-2H3;4*6-7H,3-5H2,1-2H3;5-6H,3-4H2,1-2H3/t2*8-;;;;2*7-;;;2*7-;;/m10...10..10../s1. The van der Waals surface area contributed by atoms with Crippen LogP contribution >= 0.6 is 0 Å². The van der Waals surface area contributed by atoms with Crippen LogP contribution in [0.5, 0.6) is 0 Å². The highest BCUT2D eigenvalue weighted by Crippen LogP contribution is 2.25. The van der Waals surface area contributed by atoms with Gasteiger partial charge in [-0.05, 0) is 218 Å². The SMILES string of the molecule is CC(C)C1CCCO1.CC(C)C1CCOC1.CC(C)C1CCOCC1.CC(C)COC1COC1.CC(C)CO[C@@H]1CCOC1.CC(C)CO[C@H]1CCOC1.CC(C)OC1CCOC1.CC(C)OC1COC1.CC(C)OCC1COC1.CC(C)O[C@@H]1CCOC1.CC(C)O[C@H]1CCOC1.CC(C)[C@@H]1CCCO1.CC(C)[C@H]1CCCO1. The molecule has 0 N–H and O–H groups in total. The molecule has 0 saturated carbocycles. The van der Waals surface area contributed by atoms with E-state index in [1.54, 1.807) is 0 Å². The molecular weight excluding hydrogens is 1450 g/mol. The number of rotatable bonds is 25. The van der Waals surface area contributed by atoms with Gasteiger partial charge in [0.05, 0.1) is 159 Å². The molecule has 13 saturated heterocycles. The summed E-state index contributed by atoms with van der Waals surface area (Å²) in [6, 6.07) is 0. The molecule has 684 valence electrons. The van der Waals surface area contributed by atoms with Gasteiger partial charge < -0.3 is 99.5 Å². The molecule has 3 unspecified atom stereocenters. The summed E-state index contributed by atoms with van der Waals surface area (Å²) in [7, 11) is 0. The summed E-state index contributed by atoms with van der Waals surface area (Å²) in [6.07, 6.45) is 22.9. The van der Waals surface area contributed by atoms with Crippen molar-refractivity contribution >= 4 is 0 Å². The number of hydrogen-bond acceptors (Lipinski definition) is 21. The highest BCUT2D eigenvalue weighted by atomic mass is 16.6.